The molecule has 1 amide bonds. The zero-order chi connectivity index (χ0) is 13.8. The van der Waals surface area contributed by atoms with Crippen molar-refractivity contribution in [2.75, 3.05) is 0 Å². The highest BCUT2D eigenvalue weighted by Gasteiger charge is 2.20. The van der Waals surface area contributed by atoms with Gasteiger partial charge < -0.3 is 16.2 Å². The molecule has 0 aliphatic carbocycles. The first-order chi connectivity index (χ1) is 8.32. The molecule has 0 atom stereocenters. The van der Waals surface area contributed by atoms with Gasteiger partial charge in [0.25, 0.3) is 0 Å². The SMILES string of the molecule is CC(C)(CC(N)=O)NCc1ccccc1C(=O)O. The minimum atomic E-state index is -0.958. The third-order valence-electron chi connectivity index (χ3n) is 2.62. The molecule has 0 aliphatic heterocycles. The molecule has 1 aromatic carbocycles. The van der Waals surface area contributed by atoms with E-state index in [4.69, 9.17) is 10.8 Å². The fourth-order valence-corrected chi connectivity index (χ4v) is 1.72. The van der Waals surface area contributed by atoms with Crippen LogP contribution in [0.2, 0.25) is 0 Å². The van der Waals surface area contributed by atoms with Crippen molar-refractivity contribution in [3.8, 4) is 0 Å². The number of carboxylic acid groups (broad SMARTS) is 1. The maximum atomic E-state index is 11.0. The van der Waals surface area contributed by atoms with E-state index < -0.39 is 11.5 Å². The van der Waals surface area contributed by atoms with Crippen LogP contribution in [0.5, 0.6) is 0 Å². The summed E-state index contributed by atoms with van der Waals surface area (Å²) in [5.74, 6) is -1.35. The Hall–Kier alpha value is -1.88. The standard InChI is InChI=1S/C13H18N2O3/c1-13(2,7-11(14)16)15-8-9-5-3-4-6-10(9)12(17)18/h3-6,15H,7-8H2,1-2H3,(H2,14,16)(H,17,18). The van der Waals surface area contributed by atoms with Gasteiger partial charge in [0.05, 0.1) is 5.56 Å². The van der Waals surface area contributed by atoms with Crippen LogP contribution in [0.15, 0.2) is 24.3 Å². The lowest BCUT2D eigenvalue weighted by atomic mass is 9.99. The van der Waals surface area contributed by atoms with Gasteiger partial charge in [-0.15, -0.1) is 0 Å². The highest BCUT2D eigenvalue weighted by atomic mass is 16.4. The second kappa shape index (κ2) is 5.64. The van der Waals surface area contributed by atoms with Crippen LogP contribution < -0.4 is 11.1 Å². The smallest absolute Gasteiger partial charge is 0.336 e. The van der Waals surface area contributed by atoms with E-state index in [0.717, 1.165) is 0 Å². The Morgan fingerprint density at radius 3 is 2.50 bits per heavy atom. The zero-order valence-corrected chi connectivity index (χ0v) is 10.6. The lowest BCUT2D eigenvalue weighted by Crippen LogP contribution is -2.42. The summed E-state index contributed by atoms with van der Waals surface area (Å²) < 4.78 is 0. The van der Waals surface area contributed by atoms with Gasteiger partial charge in [-0.2, -0.15) is 0 Å². The van der Waals surface area contributed by atoms with Crippen molar-refractivity contribution in [1.29, 1.82) is 0 Å². The lowest BCUT2D eigenvalue weighted by Gasteiger charge is -2.25. The van der Waals surface area contributed by atoms with Crippen LogP contribution in [-0.2, 0) is 11.3 Å². The molecule has 5 nitrogen and oxygen atoms in total. The maximum absolute atomic E-state index is 11.0. The molecule has 5 heteroatoms. The highest BCUT2D eigenvalue weighted by Crippen LogP contribution is 2.13. The van der Waals surface area contributed by atoms with E-state index >= 15 is 0 Å². The van der Waals surface area contributed by atoms with Crippen LogP contribution in [0.4, 0.5) is 0 Å². The number of nitrogens with one attached hydrogen (secondary N) is 1. The predicted octanol–water partition coefficient (Wildman–Crippen LogP) is 1.13. The van der Waals surface area contributed by atoms with Crippen molar-refractivity contribution < 1.29 is 14.7 Å². The molecule has 1 aromatic rings. The normalized spacial score (nSPS) is 11.2. The Kier molecular flexibility index (Phi) is 4.44. The van der Waals surface area contributed by atoms with E-state index in [1.54, 1.807) is 24.3 Å². The molecular formula is C13H18N2O3. The van der Waals surface area contributed by atoms with Crippen LogP contribution in [0.1, 0.15) is 36.2 Å². The summed E-state index contributed by atoms with van der Waals surface area (Å²) in [7, 11) is 0. The van der Waals surface area contributed by atoms with Gasteiger partial charge >= 0.3 is 5.97 Å². The van der Waals surface area contributed by atoms with Gasteiger partial charge in [-0.3, -0.25) is 4.79 Å². The Morgan fingerprint density at radius 2 is 1.94 bits per heavy atom. The first-order valence-electron chi connectivity index (χ1n) is 5.66. The Bertz CT molecular complexity index is 455. The molecule has 0 heterocycles. The first kappa shape index (κ1) is 14.2. The van der Waals surface area contributed by atoms with E-state index in [1.807, 2.05) is 13.8 Å². The second-order valence-corrected chi connectivity index (χ2v) is 4.84. The molecule has 0 saturated heterocycles. The Morgan fingerprint density at radius 1 is 1.33 bits per heavy atom. The number of carbonyl (C=O) groups is 2. The number of primary amides is 1. The minimum absolute atomic E-state index is 0.197. The van der Waals surface area contributed by atoms with Crippen molar-refractivity contribution in [1.82, 2.24) is 5.32 Å². The molecule has 0 radical (unpaired) electrons. The highest BCUT2D eigenvalue weighted by molar-refractivity contribution is 5.89. The molecule has 0 aliphatic rings. The van der Waals surface area contributed by atoms with Crippen molar-refractivity contribution in [3.05, 3.63) is 35.4 Å². The van der Waals surface area contributed by atoms with Gasteiger partial charge in [0.15, 0.2) is 0 Å². The fourth-order valence-electron chi connectivity index (χ4n) is 1.72. The van der Waals surface area contributed by atoms with Crippen molar-refractivity contribution in [3.63, 3.8) is 0 Å². The number of amides is 1. The van der Waals surface area contributed by atoms with Crippen LogP contribution in [0.3, 0.4) is 0 Å². The summed E-state index contributed by atoms with van der Waals surface area (Å²) in [5, 5.41) is 12.2. The lowest BCUT2D eigenvalue weighted by molar-refractivity contribution is -0.119. The summed E-state index contributed by atoms with van der Waals surface area (Å²) in [4.78, 5) is 21.9. The van der Waals surface area contributed by atoms with Crippen molar-refractivity contribution in [2.24, 2.45) is 5.73 Å². The van der Waals surface area contributed by atoms with Crippen LogP contribution in [0.25, 0.3) is 0 Å². The van der Waals surface area contributed by atoms with Gasteiger partial charge in [0, 0.05) is 18.5 Å². The monoisotopic (exact) mass is 250 g/mol. The molecule has 0 fully saturated rings. The van der Waals surface area contributed by atoms with Gasteiger partial charge in [-0.1, -0.05) is 18.2 Å². The van der Waals surface area contributed by atoms with E-state index in [-0.39, 0.29) is 17.9 Å². The van der Waals surface area contributed by atoms with Gasteiger partial charge in [-0.05, 0) is 25.5 Å². The Balaban J connectivity index is 2.74. The molecule has 1 rings (SSSR count). The summed E-state index contributed by atoms with van der Waals surface area (Å²) in [6, 6.07) is 6.77. The van der Waals surface area contributed by atoms with Gasteiger partial charge in [0.2, 0.25) is 5.91 Å². The number of carbonyl (C=O) groups excluding carboxylic acids is 1. The summed E-state index contributed by atoms with van der Waals surface area (Å²) in [5.41, 5.74) is 5.64. The second-order valence-electron chi connectivity index (χ2n) is 4.84. The van der Waals surface area contributed by atoms with E-state index in [0.29, 0.717) is 12.1 Å². The maximum Gasteiger partial charge on any atom is 0.336 e. The average molecular weight is 250 g/mol. The third-order valence-corrected chi connectivity index (χ3v) is 2.62. The van der Waals surface area contributed by atoms with Crippen LogP contribution in [-0.4, -0.2) is 22.5 Å². The third kappa shape index (κ3) is 4.18. The molecule has 0 saturated carbocycles. The summed E-state index contributed by atoms with van der Waals surface area (Å²) in [6.45, 7) is 4.07. The predicted molar refractivity (Wildman–Crippen MR) is 68.1 cm³/mol. The molecule has 18 heavy (non-hydrogen) atoms. The molecule has 4 N–H and O–H groups in total. The number of benzene rings is 1. The summed E-state index contributed by atoms with van der Waals surface area (Å²) >= 11 is 0. The number of hydrogen-bond acceptors (Lipinski definition) is 3. The molecular weight excluding hydrogens is 232 g/mol. The number of nitrogens with two attached hydrogens (primary N) is 1. The minimum Gasteiger partial charge on any atom is -0.478 e. The number of carboxylic acids is 1. The van der Waals surface area contributed by atoms with Crippen LogP contribution >= 0.6 is 0 Å². The molecule has 0 unspecified atom stereocenters. The quantitative estimate of drug-likeness (QED) is 0.705. The molecule has 98 valence electrons. The Labute approximate surface area is 106 Å². The van der Waals surface area contributed by atoms with Crippen LogP contribution in [0, 0.1) is 0 Å². The van der Waals surface area contributed by atoms with Crippen molar-refractivity contribution in [2.45, 2.75) is 32.4 Å². The number of hydrogen-bond donors (Lipinski definition) is 3. The van der Waals surface area contributed by atoms with E-state index in [1.165, 1.54) is 0 Å². The topological polar surface area (TPSA) is 92.4 Å². The van der Waals surface area contributed by atoms with Gasteiger partial charge in [-0.25, -0.2) is 4.79 Å². The average Bonchev–Trinajstić information content (AvgIpc) is 2.25. The van der Waals surface area contributed by atoms with Gasteiger partial charge in [0.1, 0.15) is 0 Å². The van der Waals surface area contributed by atoms with E-state index in [9.17, 15) is 9.59 Å². The largest absolute Gasteiger partial charge is 0.478 e. The van der Waals surface area contributed by atoms with Crippen molar-refractivity contribution >= 4 is 11.9 Å². The first-order valence-corrected chi connectivity index (χ1v) is 5.66. The fraction of sp³-hybridized carbons (Fsp3) is 0.385. The van der Waals surface area contributed by atoms with E-state index in [2.05, 4.69) is 5.32 Å². The number of rotatable bonds is 6. The molecule has 0 aromatic heterocycles. The number of aromatic carboxylic acids is 1. The molecule has 0 bridgehead atoms. The molecule has 0 spiro atoms. The zero-order valence-electron chi connectivity index (χ0n) is 10.6. The summed E-state index contributed by atoms with van der Waals surface area (Å²) in [6.07, 6.45) is 0.197.